The van der Waals surface area contributed by atoms with E-state index >= 15 is 0 Å². The van der Waals surface area contributed by atoms with Gasteiger partial charge in [0.2, 0.25) is 0 Å². The van der Waals surface area contributed by atoms with Gasteiger partial charge in [-0.05, 0) is 18.2 Å². The second-order valence-corrected chi connectivity index (χ2v) is 6.10. The zero-order valence-corrected chi connectivity index (χ0v) is 13.5. The second-order valence-electron chi connectivity index (χ2n) is 5.19. The Labute approximate surface area is 134 Å². The molecule has 1 heterocycles. The number of aliphatic hydroxyl groups is 1. The fourth-order valence-corrected chi connectivity index (χ4v) is 2.71. The molecule has 1 saturated heterocycles. The topological polar surface area (TPSA) is 50.7 Å². The zero-order chi connectivity index (χ0) is 15.1. The highest BCUT2D eigenvalue weighted by atomic mass is 79.9. The van der Waals surface area contributed by atoms with E-state index in [0.717, 1.165) is 15.8 Å². The third kappa shape index (κ3) is 5.01. The number of halogens is 1. The zero-order valence-electron chi connectivity index (χ0n) is 11.9. The maximum Gasteiger partial charge on any atom is 0.148 e. The smallest absolute Gasteiger partial charge is 0.148 e. The van der Waals surface area contributed by atoms with Gasteiger partial charge in [-0.3, -0.25) is 0 Å². The van der Waals surface area contributed by atoms with Crippen molar-refractivity contribution in [3.63, 3.8) is 0 Å². The molecular weight excluding hydrogens is 334 g/mol. The van der Waals surface area contributed by atoms with Gasteiger partial charge in [-0.25, -0.2) is 0 Å². The third-order valence-electron chi connectivity index (χ3n) is 3.53. The summed E-state index contributed by atoms with van der Waals surface area (Å²) in [5, 5.41) is 13.7. The molecule has 2 rings (SSSR count). The summed E-state index contributed by atoms with van der Waals surface area (Å²) in [6.45, 7) is 2.63. The lowest BCUT2D eigenvalue weighted by molar-refractivity contribution is -0.0617. The molecule has 0 bridgehead atoms. The Morgan fingerprint density at radius 2 is 2.19 bits per heavy atom. The first-order valence-corrected chi connectivity index (χ1v) is 7.78. The van der Waals surface area contributed by atoms with Crippen LogP contribution in [0, 0.1) is 12.3 Å². The molecule has 1 aliphatic rings. The summed E-state index contributed by atoms with van der Waals surface area (Å²) in [5.74, 6) is 3.23. The maximum atomic E-state index is 10.4. The summed E-state index contributed by atoms with van der Waals surface area (Å²) in [6, 6.07) is 5.80. The quantitative estimate of drug-likeness (QED) is 0.769. The lowest BCUT2D eigenvalue weighted by Gasteiger charge is -2.32. The van der Waals surface area contributed by atoms with Gasteiger partial charge >= 0.3 is 0 Å². The van der Waals surface area contributed by atoms with Gasteiger partial charge in [-0.15, -0.1) is 6.42 Å². The molecule has 0 spiro atoms. The van der Waals surface area contributed by atoms with Crippen LogP contribution in [-0.2, 0) is 11.3 Å². The molecule has 1 aromatic carbocycles. The molecule has 0 aromatic heterocycles. The summed E-state index contributed by atoms with van der Waals surface area (Å²) < 4.78 is 11.8. The molecular formula is C16H20BrNO3. The van der Waals surface area contributed by atoms with Gasteiger partial charge in [0.05, 0.1) is 5.60 Å². The van der Waals surface area contributed by atoms with Crippen LogP contribution < -0.4 is 10.1 Å². The first-order valence-electron chi connectivity index (χ1n) is 6.98. The molecule has 0 unspecified atom stereocenters. The Kier molecular flexibility index (Phi) is 6.07. The van der Waals surface area contributed by atoms with Crippen LogP contribution in [0.3, 0.4) is 0 Å². The fraction of sp³-hybridized carbons (Fsp3) is 0.500. The van der Waals surface area contributed by atoms with Crippen molar-refractivity contribution >= 4 is 15.9 Å². The Bertz CT molecular complexity index is 507. The molecule has 0 aliphatic carbocycles. The standard InChI is InChI=1S/C16H20BrNO3/c1-2-7-21-15-4-3-14(17)10-13(15)11-18-12-16(19)5-8-20-9-6-16/h1,3-4,10,18-19H,5-9,11-12H2. The summed E-state index contributed by atoms with van der Waals surface area (Å²) in [7, 11) is 0. The Morgan fingerprint density at radius 3 is 2.90 bits per heavy atom. The Hall–Kier alpha value is -1.06. The molecule has 5 heteroatoms. The first-order chi connectivity index (χ1) is 10.1. The molecule has 4 nitrogen and oxygen atoms in total. The highest BCUT2D eigenvalue weighted by Gasteiger charge is 2.29. The van der Waals surface area contributed by atoms with Crippen molar-refractivity contribution in [2.75, 3.05) is 26.4 Å². The van der Waals surface area contributed by atoms with Gasteiger partial charge < -0.3 is 19.9 Å². The molecule has 0 saturated carbocycles. The van der Waals surface area contributed by atoms with Crippen LogP contribution in [0.15, 0.2) is 22.7 Å². The van der Waals surface area contributed by atoms with Crippen molar-refractivity contribution in [1.82, 2.24) is 5.32 Å². The van der Waals surface area contributed by atoms with Crippen molar-refractivity contribution in [2.45, 2.75) is 25.0 Å². The summed E-state index contributed by atoms with van der Waals surface area (Å²) in [6.07, 6.45) is 6.56. The Balaban J connectivity index is 1.92. The monoisotopic (exact) mass is 353 g/mol. The maximum absolute atomic E-state index is 10.4. The van der Waals surface area contributed by atoms with E-state index in [4.69, 9.17) is 15.9 Å². The van der Waals surface area contributed by atoms with Gasteiger partial charge in [0.1, 0.15) is 12.4 Å². The number of ether oxygens (including phenoxy) is 2. The van der Waals surface area contributed by atoms with Crippen LogP contribution in [0.5, 0.6) is 5.75 Å². The number of hydrogen-bond donors (Lipinski definition) is 2. The third-order valence-corrected chi connectivity index (χ3v) is 4.02. The number of benzene rings is 1. The highest BCUT2D eigenvalue weighted by molar-refractivity contribution is 9.10. The van der Waals surface area contributed by atoms with Gasteiger partial charge in [0.15, 0.2) is 0 Å². The summed E-state index contributed by atoms with van der Waals surface area (Å²) in [5.41, 5.74) is 0.333. The predicted molar refractivity (Wildman–Crippen MR) is 85.2 cm³/mol. The largest absolute Gasteiger partial charge is 0.481 e. The van der Waals surface area contributed by atoms with E-state index in [0.29, 0.717) is 39.1 Å². The van der Waals surface area contributed by atoms with Crippen LogP contribution in [0.1, 0.15) is 18.4 Å². The van der Waals surface area contributed by atoms with Gasteiger partial charge in [-0.1, -0.05) is 21.9 Å². The van der Waals surface area contributed by atoms with E-state index in [9.17, 15) is 5.11 Å². The predicted octanol–water partition coefficient (Wildman–Crippen LogP) is 2.09. The molecule has 1 aliphatic heterocycles. The Morgan fingerprint density at radius 1 is 1.43 bits per heavy atom. The summed E-state index contributed by atoms with van der Waals surface area (Å²) in [4.78, 5) is 0. The van der Waals surface area contributed by atoms with Crippen molar-refractivity contribution in [2.24, 2.45) is 0 Å². The lowest BCUT2D eigenvalue weighted by Crippen LogP contribution is -2.44. The normalized spacial score (nSPS) is 17.2. The van der Waals surface area contributed by atoms with Gasteiger partial charge in [-0.2, -0.15) is 0 Å². The van der Waals surface area contributed by atoms with Crippen molar-refractivity contribution in [1.29, 1.82) is 0 Å². The first kappa shape index (κ1) is 16.3. The second kappa shape index (κ2) is 7.81. The van der Waals surface area contributed by atoms with Crippen LogP contribution in [-0.4, -0.2) is 37.1 Å². The minimum Gasteiger partial charge on any atom is -0.481 e. The van der Waals surface area contributed by atoms with Gasteiger partial charge in [0, 0.05) is 49.2 Å². The minimum absolute atomic E-state index is 0.246. The minimum atomic E-state index is -0.676. The molecule has 1 aromatic rings. The van der Waals surface area contributed by atoms with E-state index in [1.807, 2.05) is 18.2 Å². The van der Waals surface area contributed by atoms with E-state index in [1.165, 1.54) is 0 Å². The lowest BCUT2D eigenvalue weighted by atomic mass is 9.94. The van der Waals surface area contributed by atoms with Crippen molar-refractivity contribution in [3.8, 4) is 18.1 Å². The summed E-state index contributed by atoms with van der Waals surface area (Å²) >= 11 is 3.45. The van der Waals surface area contributed by atoms with E-state index in [2.05, 4.69) is 27.2 Å². The van der Waals surface area contributed by atoms with Crippen LogP contribution in [0.2, 0.25) is 0 Å². The van der Waals surface area contributed by atoms with E-state index < -0.39 is 5.60 Å². The van der Waals surface area contributed by atoms with Crippen LogP contribution in [0.4, 0.5) is 0 Å². The molecule has 0 atom stereocenters. The highest BCUT2D eigenvalue weighted by Crippen LogP contribution is 2.24. The van der Waals surface area contributed by atoms with Crippen molar-refractivity contribution in [3.05, 3.63) is 28.2 Å². The molecule has 0 radical (unpaired) electrons. The molecule has 2 N–H and O–H groups in total. The number of terminal acetylenes is 1. The number of hydrogen-bond acceptors (Lipinski definition) is 4. The molecule has 0 amide bonds. The van der Waals surface area contributed by atoms with E-state index in [-0.39, 0.29) is 6.61 Å². The van der Waals surface area contributed by atoms with Gasteiger partial charge in [0.25, 0.3) is 0 Å². The fourth-order valence-electron chi connectivity index (χ4n) is 2.30. The molecule has 1 fully saturated rings. The average Bonchev–Trinajstić information content (AvgIpc) is 2.47. The number of rotatable bonds is 6. The average molecular weight is 354 g/mol. The molecule has 21 heavy (non-hydrogen) atoms. The van der Waals surface area contributed by atoms with Crippen LogP contribution in [0.25, 0.3) is 0 Å². The molecule has 114 valence electrons. The van der Waals surface area contributed by atoms with Crippen molar-refractivity contribution < 1.29 is 14.6 Å². The SMILES string of the molecule is C#CCOc1ccc(Br)cc1CNCC1(O)CCOCC1. The van der Waals surface area contributed by atoms with Crippen LogP contribution >= 0.6 is 15.9 Å². The van der Waals surface area contributed by atoms with E-state index in [1.54, 1.807) is 0 Å². The number of nitrogens with one attached hydrogen (secondary N) is 1.